The first-order valence-corrected chi connectivity index (χ1v) is 11.4. The van der Waals surface area contributed by atoms with Gasteiger partial charge in [0.25, 0.3) is 0 Å². The number of halogens is 2. The van der Waals surface area contributed by atoms with Crippen molar-refractivity contribution in [1.29, 1.82) is 0 Å². The number of hydrogen-bond donors (Lipinski definition) is 1. The predicted molar refractivity (Wildman–Crippen MR) is 109 cm³/mol. The van der Waals surface area contributed by atoms with Gasteiger partial charge in [0.1, 0.15) is 0 Å². The van der Waals surface area contributed by atoms with E-state index in [0.29, 0.717) is 53.6 Å². The standard InChI is InChI=1S/C18H21Cl2N3O5S/c19-13-1-2-14(15(20)11-13)16-12-22-18(28-16)4-3-17(24)21-5-10-29(25,26)23-6-8-27-9-7-23/h1-2,11-12H,3-10H2,(H,21,24). The van der Waals surface area contributed by atoms with Crippen LogP contribution in [0.1, 0.15) is 12.3 Å². The van der Waals surface area contributed by atoms with E-state index in [1.165, 1.54) is 10.5 Å². The van der Waals surface area contributed by atoms with E-state index >= 15 is 0 Å². The second-order valence-electron chi connectivity index (χ2n) is 6.42. The summed E-state index contributed by atoms with van der Waals surface area (Å²) in [5, 5.41) is 3.58. The Morgan fingerprint density at radius 2 is 2.00 bits per heavy atom. The molecule has 8 nitrogen and oxygen atoms in total. The Morgan fingerprint density at radius 1 is 1.24 bits per heavy atom. The molecule has 0 bridgehead atoms. The number of benzene rings is 1. The highest BCUT2D eigenvalue weighted by molar-refractivity contribution is 7.89. The summed E-state index contributed by atoms with van der Waals surface area (Å²) < 4.78 is 36.6. The van der Waals surface area contributed by atoms with Crippen molar-refractivity contribution in [2.75, 3.05) is 38.6 Å². The quantitative estimate of drug-likeness (QED) is 0.647. The van der Waals surface area contributed by atoms with E-state index in [2.05, 4.69) is 10.3 Å². The molecule has 0 spiro atoms. The van der Waals surface area contributed by atoms with Gasteiger partial charge in [-0.15, -0.1) is 0 Å². The van der Waals surface area contributed by atoms with Gasteiger partial charge in [-0.2, -0.15) is 4.31 Å². The number of morpholine rings is 1. The fraction of sp³-hybridized carbons (Fsp3) is 0.444. The molecule has 1 aromatic carbocycles. The van der Waals surface area contributed by atoms with Gasteiger partial charge in [-0.3, -0.25) is 4.79 Å². The molecule has 0 aliphatic carbocycles. The molecule has 2 aromatic rings. The monoisotopic (exact) mass is 461 g/mol. The molecule has 1 aliphatic rings. The number of amides is 1. The average molecular weight is 462 g/mol. The van der Waals surface area contributed by atoms with Crippen molar-refractivity contribution in [2.24, 2.45) is 0 Å². The van der Waals surface area contributed by atoms with Gasteiger partial charge in [-0.05, 0) is 18.2 Å². The molecule has 11 heteroatoms. The van der Waals surface area contributed by atoms with Crippen LogP contribution in [-0.4, -0.2) is 62.2 Å². The van der Waals surface area contributed by atoms with Crippen LogP contribution >= 0.6 is 23.2 Å². The van der Waals surface area contributed by atoms with Crippen molar-refractivity contribution in [3.8, 4) is 11.3 Å². The minimum atomic E-state index is -3.39. The molecule has 0 atom stereocenters. The maximum atomic E-state index is 12.2. The van der Waals surface area contributed by atoms with E-state index in [4.69, 9.17) is 32.4 Å². The van der Waals surface area contributed by atoms with Crippen LogP contribution in [0.3, 0.4) is 0 Å². The number of carbonyl (C=O) groups excluding carboxylic acids is 1. The van der Waals surface area contributed by atoms with Crippen molar-refractivity contribution < 1.29 is 22.4 Å². The molecule has 1 fully saturated rings. The predicted octanol–water partition coefficient (Wildman–Crippen LogP) is 2.36. The highest BCUT2D eigenvalue weighted by Crippen LogP contribution is 2.30. The normalized spacial score (nSPS) is 15.4. The molecule has 0 unspecified atom stereocenters. The van der Waals surface area contributed by atoms with Crippen LogP contribution in [0, 0.1) is 0 Å². The molecule has 0 radical (unpaired) electrons. The lowest BCUT2D eigenvalue weighted by atomic mass is 10.2. The van der Waals surface area contributed by atoms with Gasteiger partial charge in [0.05, 0.1) is 30.2 Å². The zero-order valence-electron chi connectivity index (χ0n) is 15.6. The van der Waals surface area contributed by atoms with Crippen LogP contribution in [0.4, 0.5) is 0 Å². The van der Waals surface area contributed by atoms with Crippen LogP contribution in [0.5, 0.6) is 0 Å². The summed E-state index contributed by atoms with van der Waals surface area (Å²) in [5.41, 5.74) is 0.660. The van der Waals surface area contributed by atoms with Crippen LogP contribution in [0.25, 0.3) is 11.3 Å². The third-order valence-electron chi connectivity index (χ3n) is 4.36. The highest BCUT2D eigenvalue weighted by atomic mass is 35.5. The number of nitrogens with zero attached hydrogens (tertiary/aromatic N) is 2. The molecule has 1 N–H and O–H groups in total. The highest BCUT2D eigenvalue weighted by Gasteiger charge is 2.24. The molecule has 1 saturated heterocycles. The van der Waals surface area contributed by atoms with Gasteiger partial charge in [0.2, 0.25) is 15.9 Å². The minimum absolute atomic E-state index is 0.0513. The lowest BCUT2D eigenvalue weighted by Gasteiger charge is -2.26. The SMILES string of the molecule is O=C(CCc1ncc(-c2ccc(Cl)cc2Cl)o1)NCCS(=O)(=O)N1CCOCC1. The molecular weight excluding hydrogens is 441 g/mol. The summed E-state index contributed by atoms with van der Waals surface area (Å²) in [6, 6.07) is 5.04. The molecule has 3 rings (SSSR count). The molecule has 2 heterocycles. The van der Waals surface area contributed by atoms with E-state index in [9.17, 15) is 13.2 Å². The van der Waals surface area contributed by atoms with Crippen molar-refractivity contribution in [3.63, 3.8) is 0 Å². The molecule has 1 aliphatic heterocycles. The van der Waals surface area contributed by atoms with Gasteiger partial charge in [-0.1, -0.05) is 23.2 Å². The zero-order valence-corrected chi connectivity index (χ0v) is 17.9. The number of rotatable bonds is 8. The summed E-state index contributed by atoms with van der Waals surface area (Å²) in [6.07, 6.45) is 1.95. The van der Waals surface area contributed by atoms with Crippen LogP contribution in [0.2, 0.25) is 10.0 Å². The van der Waals surface area contributed by atoms with Crippen LogP contribution in [-0.2, 0) is 26.0 Å². The number of aryl methyl sites for hydroxylation is 1. The first-order chi connectivity index (χ1) is 13.8. The van der Waals surface area contributed by atoms with Crippen molar-refractivity contribution in [3.05, 3.63) is 40.3 Å². The molecular formula is C18H21Cl2N3O5S. The number of oxazole rings is 1. The Morgan fingerprint density at radius 3 is 2.72 bits per heavy atom. The molecule has 0 saturated carbocycles. The van der Waals surface area contributed by atoms with Crippen molar-refractivity contribution in [1.82, 2.24) is 14.6 Å². The van der Waals surface area contributed by atoms with Crippen molar-refractivity contribution >= 4 is 39.1 Å². The Hall–Kier alpha value is -1.65. The van der Waals surface area contributed by atoms with Gasteiger partial charge < -0.3 is 14.5 Å². The topological polar surface area (TPSA) is 102 Å². The summed E-state index contributed by atoms with van der Waals surface area (Å²) in [7, 11) is -3.39. The first kappa shape index (κ1) is 22.0. The number of ether oxygens (including phenoxy) is 1. The Labute approximate surface area is 179 Å². The zero-order chi connectivity index (χ0) is 20.9. The summed E-state index contributed by atoms with van der Waals surface area (Å²) >= 11 is 12.0. The average Bonchev–Trinajstić information content (AvgIpc) is 3.15. The number of nitrogens with one attached hydrogen (secondary N) is 1. The lowest BCUT2D eigenvalue weighted by Crippen LogP contribution is -2.43. The third-order valence-corrected chi connectivity index (χ3v) is 6.78. The van der Waals surface area contributed by atoms with Gasteiger partial charge in [-0.25, -0.2) is 13.4 Å². The van der Waals surface area contributed by atoms with E-state index in [1.54, 1.807) is 18.2 Å². The van der Waals surface area contributed by atoms with Crippen molar-refractivity contribution in [2.45, 2.75) is 12.8 Å². The largest absolute Gasteiger partial charge is 0.441 e. The molecule has 1 amide bonds. The smallest absolute Gasteiger partial charge is 0.220 e. The second kappa shape index (κ2) is 9.90. The Kier molecular flexibility index (Phi) is 7.53. The number of carbonyl (C=O) groups is 1. The maximum Gasteiger partial charge on any atom is 0.220 e. The maximum absolute atomic E-state index is 12.2. The Balaban J connectivity index is 1.44. The van der Waals surface area contributed by atoms with Gasteiger partial charge in [0, 0.05) is 43.1 Å². The summed E-state index contributed by atoms with van der Waals surface area (Å²) in [6.45, 7) is 1.53. The lowest BCUT2D eigenvalue weighted by molar-refractivity contribution is -0.121. The number of aromatic nitrogens is 1. The fourth-order valence-electron chi connectivity index (χ4n) is 2.82. The summed E-state index contributed by atoms with van der Waals surface area (Å²) in [4.78, 5) is 16.2. The molecule has 1 aromatic heterocycles. The number of sulfonamides is 1. The van der Waals surface area contributed by atoms with Gasteiger partial charge >= 0.3 is 0 Å². The van der Waals surface area contributed by atoms with Crippen LogP contribution in [0.15, 0.2) is 28.8 Å². The first-order valence-electron chi connectivity index (χ1n) is 9.07. The van der Waals surface area contributed by atoms with E-state index in [-0.39, 0.29) is 31.0 Å². The second-order valence-corrected chi connectivity index (χ2v) is 9.35. The molecule has 29 heavy (non-hydrogen) atoms. The minimum Gasteiger partial charge on any atom is -0.441 e. The third kappa shape index (κ3) is 6.16. The fourth-order valence-corrected chi connectivity index (χ4v) is 4.65. The van der Waals surface area contributed by atoms with Crippen LogP contribution < -0.4 is 5.32 Å². The van der Waals surface area contributed by atoms with E-state index in [0.717, 1.165) is 0 Å². The van der Waals surface area contributed by atoms with Gasteiger partial charge in [0.15, 0.2) is 11.7 Å². The molecule has 158 valence electrons. The summed E-state index contributed by atoms with van der Waals surface area (Å²) in [5.74, 6) is 0.462. The Bertz CT molecular complexity index is 958. The van der Waals surface area contributed by atoms with E-state index in [1.807, 2.05) is 0 Å². The van der Waals surface area contributed by atoms with E-state index < -0.39 is 10.0 Å². The number of hydrogen-bond acceptors (Lipinski definition) is 6.